The van der Waals surface area contributed by atoms with Crippen molar-refractivity contribution in [2.45, 2.75) is 43.6 Å². The van der Waals surface area contributed by atoms with Crippen molar-refractivity contribution in [2.75, 3.05) is 5.32 Å². The molecule has 3 aromatic carbocycles. The Morgan fingerprint density at radius 3 is 2.23 bits per heavy atom. The first-order valence-corrected chi connectivity index (χ1v) is 12.8. The number of aromatic nitrogens is 1. The fourth-order valence-corrected chi connectivity index (χ4v) is 5.33. The van der Waals surface area contributed by atoms with E-state index in [0.29, 0.717) is 24.1 Å². The average molecular weight is 531 g/mol. The number of hydrogen-bond donors (Lipinski definition) is 3. The first kappa shape index (κ1) is 28.5. The summed E-state index contributed by atoms with van der Waals surface area (Å²) in [6, 6.07) is 24.7. The predicted octanol–water partition coefficient (Wildman–Crippen LogP) is 4.73. The van der Waals surface area contributed by atoms with Crippen LogP contribution in [0.3, 0.4) is 0 Å². The molecule has 0 aliphatic heterocycles. The molecule has 4 aromatic rings. The molecule has 0 spiro atoms. The molecule has 7 nitrogen and oxygen atoms in total. The van der Waals surface area contributed by atoms with Crippen molar-refractivity contribution in [3.8, 4) is 0 Å². The minimum Gasteiger partial charge on any atom is -0.480 e. The maximum Gasteiger partial charge on any atom is 0.326 e. The van der Waals surface area contributed by atoms with Gasteiger partial charge in [-0.15, -0.1) is 0 Å². The number of nitrogens with one attached hydrogen (secondary N) is 2. The van der Waals surface area contributed by atoms with Gasteiger partial charge in [-0.2, -0.15) is 0 Å². The van der Waals surface area contributed by atoms with Gasteiger partial charge in [0, 0.05) is 53.2 Å². The van der Waals surface area contributed by atoms with Gasteiger partial charge in [0.15, 0.2) is 0 Å². The van der Waals surface area contributed by atoms with Crippen LogP contribution in [0.4, 0.5) is 5.69 Å². The predicted molar refractivity (Wildman–Crippen MR) is 152 cm³/mol. The van der Waals surface area contributed by atoms with Gasteiger partial charge in [-0.1, -0.05) is 73.5 Å². The molecular formula is C31H29N3NaO4. The molecule has 1 radical (unpaired) electrons. The summed E-state index contributed by atoms with van der Waals surface area (Å²) >= 11 is 0. The summed E-state index contributed by atoms with van der Waals surface area (Å²) in [7, 11) is 0. The van der Waals surface area contributed by atoms with Crippen molar-refractivity contribution < 1.29 is 19.5 Å². The zero-order valence-corrected chi connectivity index (χ0v) is 23.9. The number of carboxylic acid groups (broad SMARTS) is 1. The van der Waals surface area contributed by atoms with E-state index in [4.69, 9.17) is 0 Å². The molecule has 1 atom stereocenters. The van der Waals surface area contributed by atoms with Gasteiger partial charge in [0.25, 0.3) is 5.91 Å². The quantitative estimate of drug-likeness (QED) is 0.286. The summed E-state index contributed by atoms with van der Waals surface area (Å²) in [4.78, 5) is 42.7. The summed E-state index contributed by atoms with van der Waals surface area (Å²) in [5, 5.41) is 16.4. The minimum absolute atomic E-state index is 0. The molecule has 1 saturated carbocycles. The molecule has 1 aromatic heterocycles. The second-order valence-electron chi connectivity index (χ2n) is 9.75. The summed E-state index contributed by atoms with van der Waals surface area (Å²) < 4.78 is 0. The van der Waals surface area contributed by atoms with Gasteiger partial charge in [0.1, 0.15) is 6.04 Å². The molecule has 0 bridgehead atoms. The number of carbonyl (C=O) groups is 3. The third-order valence-corrected chi connectivity index (χ3v) is 7.37. The third kappa shape index (κ3) is 6.22. The second kappa shape index (κ2) is 12.6. The summed E-state index contributed by atoms with van der Waals surface area (Å²) in [5.41, 5.74) is 2.83. The normalized spacial score (nSPS) is 14.7. The Hall–Kier alpha value is -3.52. The Morgan fingerprint density at radius 1 is 0.872 bits per heavy atom. The van der Waals surface area contributed by atoms with E-state index in [0.717, 1.165) is 34.9 Å². The fourth-order valence-electron chi connectivity index (χ4n) is 5.33. The topological polar surface area (TPSA) is 108 Å². The average Bonchev–Trinajstić information content (AvgIpc) is 3.45. The van der Waals surface area contributed by atoms with Crippen LogP contribution in [0.5, 0.6) is 0 Å². The number of anilines is 1. The van der Waals surface area contributed by atoms with E-state index >= 15 is 0 Å². The number of fused-ring (bicyclic) bond motifs is 1. The molecule has 5 rings (SSSR count). The SMILES string of the molecule is O=C(Nc1ccc(C[C@H](NC(=O)C2(c3ccccc3)CCCC2)C(=O)O)cc1)c1ccnc2ccccc12.[Na]. The van der Waals surface area contributed by atoms with Crippen LogP contribution in [0.1, 0.15) is 47.2 Å². The molecule has 1 fully saturated rings. The number of benzene rings is 3. The molecule has 39 heavy (non-hydrogen) atoms. The van der Waals surface area contributed by atoms with Crippen molar-refractivity contribution in [3.63, 3.8) is 0 Å². The zero-order chi connectivity index (χ0) is 26.5. The Morgan fingerprint density at radius 2 is 1.54 bits per heavy atom. The Labute approximate surface area is 249 Å². The zero-order valence-electron chi connectivity index (χ0n) is 21.9. The van der Waals surface area contributed by atoms with Crippen molar-refractivity contribution in [3.05, 3.63) is 108 Å². The second-order valence-corrected chi connectivity index (χ2v) is 9.75. The molecule has 1 heterocycles. The molecule has 2 amide bonds. The summed E-state index contributed by atoms with van der Waals surface area (Å²) in [6.07, 6.45) is 5.01. The molecule has 193 valence electrons. The van der Waals surface area contributed by atoms with Gasteiger partial charge < -0.3 is 15.7 Å². The monoisotopic (exact) mass is 530 g/mol. The molecule has 1 aliphatic carbocycles. The van der Waals surface area contributed by atoms with E-state index < -0.39 is 17.4 Å². The minimum atomic E-state index is -1.08. The number of carboxylic acids is 1. The molecule has 3 N–H and O–H groups in total. The number of rotatable bonds is 8. The van der Waals surface area contributed by atoms with E-state index in [9.17, 15) is 19.5 Å². The standard InChI is InChI=1S/C31H29N3O4.Na/c35-28(25-16-19-32-26-11-5-4-10-24(25)26)33-23-14-12-21(13-15-23)20-27(29(36)37)34-30(38)31(17-6-7-18-31)22-8-2-1-3-9-22;/h1-5,8-16,19,27H,6-7,17-18,20H2,(H,33,35)(H,34,38)(H,36,37);/t27-;/m0./s1. The maximum atomic E-state index is 13.4. The van der Waals surface area contributed by atoms with Crippen molar-refractivity contribution >= 4 is 63.9 Å². The number of carbonyl (C=O) groups excluding carboxylic acids is 2. The third-order valence-electron chi connectivity index (χ3n) is 7.37. The molecule has 0 unspecified atom stereocenters. The van der Waals surface area contributed by atoms with Gasteiger partial charge in [-0.25, -0.2) is 4.79 Å². The van der Waals surface area contributed by atoms with E-state index in [-0.39, 0.29) is 47.8 Å². The number of amides is 2. The summed E-state index contributed by atoms with van der Waals surface area (Å²) in [6.45, 7) is 0. The molecule has 0 saturated heterocycles. The van der Waals surface area contributed by atoms with Gasteiger partial charge in [-0.05, 0) is 48.2 Å². The van der Waals surface area contributed by atoms with Crippen molar-refractivity contribution in [1.29, 1.82) is 0 Å². The Kier molecular flexibility index (Phi) is 9.17. The van der Waals surface area contributed by atoms with E-state index in [2.05, 4.69) is 15.6 Å². The first-order valence-electron chi connectivity index (χ1n) is 12.8. The first-order chi connectivity index (χ1) is 18.5. The Balaban J connectivity index is 0.00000353. The number of pyridine rings is 1. The van der Waals surface area contributed by atoms with E-state index in [1.807, 2.05) is 54.6 Å². The number of nitrogens with zero attached hydrogens (tertiary/aromatic N) is 1. The van der Waals surface area contributed by atoms with Gasteiger partial charge in [0.2, 0.25) is 5.91 Å². The molecular weight excluding hydrogens is 501 g/mol. The Bertz CT molecular complexity index is 1460. The van der Waals surface area contributed by atoms with E-state index in [1.165, 1.54) is 0 Å². The van der Waals surface area contributed by atoms with Crippen LogP contribution in [0.15, 0.2) is 91.1 Å². The van der Waals surface area contributed by atoms with Crippen LogP contribution in [-0.4, -0.2) is 63.5 Å². The van der Waals surface area contributed by atoms with Crippen molar-refractivity contribution in [1.82, 2.24) is 10.3 Å². The van der Waals surface area contributed by atoms with Crippen LogP contribution in [-0.2, 0) is 21.4 Å². The maximum absolute atomic E-state index is 13.4. The number of aliphatic carboxylic acids is 1. The number of para-hydroxylation sites is 1. The summed E-state index contributed by atoms with van der Waals surface area (Å²) in [5.74, 6) is -1.57. The molecule has 8 heteroatoms. The molecule has 1 aliphatic rings. The van der Waals surface area contributed by atoms with Crippen LogP contribution in [0.2, 0.25) is 0 Å². The van der Waals surface area contributed by atoms with Crippen LogP contribution in [0.25, 0.3) is 10.9 Å². The van der Waals surface area contributed by atoms with Crippen molar-refractivity contribution in [2.24, 2.45) is 0 Å². The van der Waals surface area contributed by atoms with Crippen LogP contribution in [0, 0.1) is 0 Å². The smallest absolute Gasteiger partial charge is 0.326 e. The van der Waals surface area contributed by atoms with Gasteiger partial charge in [0.05, 0.1) is 16.5 Å². The van der Waals surface area contributed by atoms with Crippen LogP contribution >= 0.6 is 0 Å². The van der Waals surface area contributed by atoms with Gasteiger partial charge >= 0.3 is 5.97 Å². The van der Waals surface area contributed by atoms with E-state index in [1.54, 1.807) is 36.5 Å². The van der Waals surface area contributed by atoms with Crippen LogP contribution < -0.4 is 10.6 Å². The van der Waals surface area contributed by atoms with Gasteiger partial charge in [-0.3, -0.25) is 14.6 Å². The largest absolute Gasteiger partial charge is 0.480 e. The number of hydrogen-bond acceptors (Lipinski definition) is 4. The fraction of sp³-hybridized carbons (Fsp3) is 0.226.